The van der Waals surface area contributed by atoms with Crippen LogP contribution in [0.15, 0.2) is 58.3 Å². The van der Waals surface area contributed by atoms with Crippen LogP contribution in [0.4, 0.5) is 0 Å². The van der Waals surface area contributed by atoms with E-state index in [0.29, 0.717) is 5.75 Å². The summed E-state index contributed by atoms with van der Waals surface area (Å²) in [5, 5.41) is 0. The number of ether oxygens (including phenoxy) is 1. The molecule has 0 atom stereocenters. The van der Waals surface area contributed by atoms with Crippen molar-refractivity contribution in [3.05, 3.63) is 54.1 Å². The Bertz CT molecular complexity index is 946. The van der Waals surface area contributed by atoms with Gasteiger partial charge in [-0.2, -0.15) is 0 Å². The van der Waals surface area contributed by atoms with E-state index in [1.165, 1.54) is 55.6 Å². The summed E-state index contributed by atoms with van der Waals surface area (Å²) >= 11 is 0. The first-order valence-electron chi connectivity index (χ1n) is 6.65. The van der Waals surface area contributed by atoms with Gasteiger partial charge in [0.2, 0.25) is 0 Å². The van der Waals surface area contributed by atoms with Crippen molar-refractivity contribution in [2.45, 2.75) is 9.79 Å². The second kappa shape index (κ2) is 6.62. The Morgan fingerprint density at radius 2 is 1.38 bits per heavy atom. The Morgan fingerprint density at radius 3 is 1.83 bits per heavy atom. The molecule has 7 nitrogen and oxygen atoms in total. The fourth-order valence-corrected chi connectivity index (χ4v) is 3.45. The lowest BCUT2D eigenvalue weighted by atomic mass is 10.2. The minimum absolute atomic E-state index is 0.0273. The monoisotopic (exact) mass is 369 g/mol. The third kappa shape index (κ3) is 4.12. The number of amides is 1. The predicted molar refractivity (Wildman–Crippen MR) is 87.2 cm³/mol. The van der Waals surface area contributed by atoms with E-state index in [4.69, 9.17) is 4.74 Å². The van der Waals surface area contributed by atoms with Crippen molar-refractivity contribution < 1.29 is 26.4 Å². The number of hydrogen-bond donors (Lipinski definition) is 1. The maximum absolute atomic E-state index is 12.2. The lowest BCUT2D eigenvalue weighted by Crippen LogP contribution is -2.30. The van der Waals surface area contributed by atoms with E-state index in [-0.39, 0.29) is 15.4 Å². The Morgan fingerprint density at radius 1 is 0.875 bits per heavy atom. The summed E-state index contributed by atoms with van der Waals surface area (Å²) < 4.78 is 54.0. The number of sulfonamides is 1. The molecule has 0 heterocycles. The number of rotatable bonds is 5. The molecule has 1 amide bonds. The van der Waals surface area contributed by atoms with Crippen molar-refractivity contribution in [3.63, 3.8) is 0 Å². The molecule has 0 saturated carbocycles. The molecule has 0 spiro atoms. The van der Waals surface area contributed by atoms with Crippen LogP contribution in [0.2, 0.25) is 0 Å². The van der Waals surface area contributed by atoms with E-state index in [9.17, 15) is 21.6 Å². The average Bonchev–Trinajstić information content (AvgIpc) is 2.54. The average molecular weight is 369 g/mol. The van der Waals surface area contributed by atoms with E-state index in [1.807, 2.05) is 4.72 Å². The Hall–Kier alpha value is -2.39. The largest absolute Gasteiger partial charge is 0.497 e. The molecule has 128 valence electrons. The molecule has 2 rings (SSSR count). The van der Waals surface area contributed by atoms with E-state index >= 15 is 0 Å². The highest BCUT2D eigenvalue weighted by atomic mass is 32.2. The zero-order valence-corrected chi connectivity index (χ0v) is 14.5. The van der Waals surface area contributed by atoms with E-state index < -0.39 is 25.8 Å². The third-order valence-corrected chi connectivity index (χ3v) is 5.62. The fraction of sp³-hybridized carbons (Fsp3) is 0.133. The maximum atomic E-state index is 12.2. The molecule has 2 aromatic rings. The highest BCUT2D eigenvalue weighted by Crippen LogP contribution is 2.16. The number of carbonyl (C=O) groups is 1. The summed E-state index contributed by atoms with van der Waals surface area (Å²) in [6.45, 7) is 0. The smallest absolute Gasteiger partial charge is 0.264 e. The molecule has 0 bridgehead atoms. The lowest BCUT2D eigenvalue weighted by Gasteiger charge is -2.08. The van der Waals surface area contributed by atoms with Crippen LogP contribution in [0.25, 0.3) is 0 Å². The topological polar surface area (TPSA) is 107 Å². The van der Waals surface area contributed by atoms with Gasteiger partial charge in [0, 0.05) is 11.8 Å². The number of benzene rings is 2. The highest BCUT2D eigenvalue weighted by molar-refractivity contribution is 7.90. The van der Waals surface area contributed by atoms with Crippen molar-refractivity contribution in [3.8, 4) is 5.75 Å². The fourth-order valence-electron chi connectivity index (χ4n) is 1.85. The molecule has 24 heavy (non-hydrogen) atoms. The molecular weight excluding hydrogens is 354 g/mol. The zero-order chi connectivity index (χ0) is 18.0. The number of hydrogen-bond acceptors (Lipinski definition) is 6. The molecule has 0 aliphatic rings. The zero-order valence-electron chi connectivity index (χ0n) is 12.9. The molecule has 9 heteroatoms. The molecule has 0 radical (unpaired) electrons. The molecule has 0 unspecified atom stereocenters. The summed E-state index contributed by atoms with van der Waals surface area (Å²) in [4.78, 5) is 12.0. The van der Waals surface area contributed by atoms with Crippen molar-refractivity contribution in [1.29, 1.82) is 0 Å². The van der Waals surface area contributed by atoms with Gasteiger partial charge in [-0.3, -0.25) is 4.79 Å². The van der Waals surface area contributed by atoms with Gasteiger partial charge in [-0.15, -0.1) is 0 Å². The SMILES string of the molecule is COc1ccc(S(=O)(=O)NC(=O)c2ccc(S(C)(=O)=O)cc2)cc1. The van der Waals surface area contributed by atoms with Crippen LogP contribution in [0.3, 0.4) is 0 Å². The van der Waals surface area contributed by atoms with Crippen LogP contribution in [0, 0.1) is 0 Å². The predicted octanol–water partition coefficient (Wildman–Crippen LogP) is 1.22. The number of sulfone groups is 1. The normalized spacial score (nSPS) is 11.8. The van der Waals surface area contributed by atoms with Gasteiger partial charge < -0.3 is 4.74 Å². The number of methoxy groups -OCH3 is 1. The van der Waals surface area contributed by atoms with Crippen LogP contribution in [-0.2, 0) is 19.9 Å². The Labute approximate surface area is 140 Å². The highest BCUT2D eigenvalue weighted by Gasteiger charge is 2.19. The minimum atomic E-state index is -4.04. The summed E-state index contributed by atoms with van der Waals surface area (Å²) in [7, 11) is -5.99. The molecule has 0 saturated heterocycles. The van der Waals surface area contributed by atoms with Gasteiger partial charge in [0.15, 0.2) is 9.84 Å². The van der Waals surface area contributed by atoms with Gasteiger partial charge in [-0.25, -0.2) is 21.6 Å². The van der Waals surface area contributed by atoms with E-state index in [1.54, 1.807) is 0 Å². The van der Waals surface area contributed by atoms with Crippen molar-refractivity contribution in [2.75, 3.05) is 13.4 Å². The Kier molecular flexibility index (Phi) is 4.95. The quantitative estimate of drug-likeness (QED) is 0.849. The summed E-state index contributed by atoms with van der Waals surface area (Å²) in [6.07, 6.45) is 1.04. The number of nitrogens with one attached hydrogen (secondary N) is 1. The summed E-state index contributed by atoms with van der Waals surface area (Å²) in [5.41, 5.74) is 0.0273. The van der Waals surface area contributed by atoms with Crippen LogP contribution < -0.4 is 9.46 Å². The van der Waals surface area contributed by atoms with E-state index in [2.05, 4.69) is 0 Å². The van der Waals surface area contributed by atoms with Crippen LogP contribution in [-0.4, -0.2) is 36.1 Å². The van der Waals surface area contributed by atoms with Gasteiger partial charge in [0.05, 0.1) is 16.9 Å². The maximum Gasteiger partial charge on any atom is 0.264 e. The molecule has 0 aliphatic heterocycles. The minimum Gasteiger partial charge on any atom is -0.497 e. The first-order chi connectivity index (χ1) is 11.1. The summed E-state index contributed by atoms with van der Waals surface area (Å²) in [5.74, 6) is -0.373. The van der Waals surface area contributed by atoms with Crippen LogP contribution >= 0.6 is 0 Å². The molecule has 0 aromatic heterocycles. The molecule has 2 aromatic carbocycles. The van der Waals surface area contributed by atoms with Gasteiger partial charge in [-0.05, 0) is 48.5 Å². The van der Waals surface area contributed by atoms with Crippen LogP contribution in [0.1, 0.15) is 10.4 Å². The van der Waals surface area contributed by atoms with Crippen molar-refractivity contribution >= 4 is 25.8 Å². The molecular formula is C15H15NO6S2. The van der Waals surface area contributed by atoms with Gasteiger partial charge in [0.1, 0.15) is 5.75 Å². The van der Waals surface area contributed by atoms with Gasteiger partial charge in [0.25, 0.3) is 15.9 Å². The van der Waals surface area contributed by atoms with Crippen LogP contribution in [0.5, 0.6) is 5.75 Å². The molecule has 1 N–H and O–H groups in total. The number of carbonyl (C=O) groups excluding carboxylic acids is 1. The lowest BCUT2D eigenvalue weighted by molar-refractivity contribution is 0.0981. The van der Waals surface area contributed by atoms with Crippen molar-refractivity contribution in [1.82, 2.24) is 4.72 Å². The first-order valence-corrected chi connectivity index (χ1v) is 10.0. The van der Waals surface area contributed by atoms with Crippen molar-refractivity contribution in [2.24, 2.45) is 0 Å². The standard InChI is InChI=1S/C15H15NO6S2/c1-22-12-5-9-14(10-6-12)24(20,21)16-15(17)11-3-7-13(8-4-11)23(2,18)19/h3-10H,1-2H3,(H,16,17). The second-order valence-electron chi connectivity index (χ2n) is 4.91. The second-order valence-corrected chi connectivity index (χ2v) is 8.60. The van der Waals surface area contributed by atoms with E-state index in [0.717, 1.165) is 6.26 Å². The third-order valence-electron chi connectivity index (χ3n) is 3.14. The first kappa shape index (κ1) is 18.0. The summed E-state index contributed by atoms with van der Waals surface area (Å²) in [6, 6.07) is 10.5. The molecule has 0 aliphatic carbocycles. The molecule has 0 fully saturated rings. The Balaban J connectivity index is 2.21. The van der Waals surface area contributed by atoms with Gasteiger partial charge in [-0.1, -0.05) is 0 Å². The van der Waals surface area contributed by atoms with Gasteiger partial charge >= 0.3 is 0 Å².